The van der Waals surface area contributed by atoms with E-state index in [-0.39, 0.29) is 81.5 Å². The fraction of sp³-hybridized carbons (Fsp3) is 0.541. The van der Waals surface area contributed by atoms with Crippen LogP contribution in [0.3, 0.4) is 0 Å². The van der Waals surface area contributed by atoms with Gasteiger partial charge in [0, 0.05) is 42.5 Å². The van der Waals surface area contributed by atoms with Crippen molar-refractivity contribution in [3.8, 4) is 6.07 Å². The fourth-order valence-electron chi connectivity index (χ4n) is 9.76. The first kappa shape index (κ1) is 69.0. The normalized spacial score (nSPS) is 17.1. The molecular weight excluding hydrogens is 1080 g/mol. The van der Waals surface area contributed by atoms with Crippen LogP contribution in [0.1, 0.15) is 128 Å². The third kappa shape index (κ3) is 18.6. The van der Waals surface area contributed by atoms with Gasteiger partial charge >= 0.3 is 17.9 Å². The molecule has 0 amide bonds. The molecule has 7 rings (SSSR count). The molecule has 0 radical (unpaired) electrons. The third-order valence-corrected chi connectivity index (χ3v) is 16.3. The molecule has 1 N–H and O–H groups in total. The molecule has 19 nitrogen and oxygen atoms in total. The van der Waals surface area contributed by atoms with Gasteiger partial charge < -0.3 is 33.9 Å². The van der Waals surface area contributed by atoms with Crippen molar-refractivity contribution in [1.82, 2.24) is 0 Å². The number of Topliss-reactive ketones (excluding diaryl/α,β-unsaturated/α-hetero) is 1. The Hall–Kier alpha value is -7.24. The Balaban J connectivity index is 0.000000364. The molecule has 4 unspecified atom stereocenters. The minimum absolute atomic E-state index is 0. The zero-order valence-electron chi connectivity index (χ0n) is 47.2. The predicted octanol–water partition coefficient (Wildman–Crippen LogP) is 15.6. The van der Waals surface area contributed by atoms with Crippen molar-refractivity contribution >= 4 is 95.5 Å². The standard InChI is InChI=1S/C30H37N5O4S.C21H25N5O2S.C8H10O3.2CH4/c1-19(2)35(13-14-38-15-16-39-30(37)25-10-8-7-9-24(25)22(5)36)23-11-12-26(20(3)17-23)33-34-29-28(32-6)21(4)27(18-31)40-29;1-14(2)26(9-11-28-12-10-27)17-7-8-18(15(3)13-17)24-25-21-19(22-5)16(4)20(23-6)29-21;9-7-5-3-1-2-4-6(5)8(10)11-7;;/h11-12,17,19,24-25H,7-10,13-16H2,1-5H3;7-8,13-14,27H,9-12H2,1-4H3;5-6H,1-4H2;2*1H4. The molecule has 440 valence electrons. The Labute approximate surface area is 492 Å². The molecule has 1 saturated heterocycles. The Morgan fingerprint density at radius 2 is 1.17 bits per heavy atom. The molecule has 3 heterocycles. The van der Waals surface area contributed by atoms with Crippen LogP contribution in [-0.2, 0) is 38.1 Å². The van der Waals surface area contributed by atoms with Crippen LogP contribution in [0.25, 0.3) is 14.5 Å². The van der Waals surface area contributed by atoms with Crippen LogP contribution in [-0.4, -0.2) is 93.6 Å². The first-order valence-electron chi connectivity index (χ1n) is 27.0. The zero-order valence-corrected chi connectivity index (χ0v) is 48.9. The first-order chi connectivity index (χ1) is 38.4. The number of ether oxygens (including phenoxy) is 4. The van der Waals surface area contributed by atoms with Crippen LogP contribution in [0.5, 0.6) is 0 Å². The number of esters is 3. The van der Waals surface area contributed by atoms with Crippen molar-refractivity contribution in [1.29, 1.82) is 5.26 Å². The van der Waals surface area contributed by atoms with Gasteiger partial charge in [-0.3, -0.25) is 19.2 Å². The predicted molar refractivity (Wildman–Crippen MR) is 323 cm³/mol. The number of fused-ring (bicyclic) bond motifs is 1. The van der Waals surface area contributed by atoms with Crippen molar-refractivity contribution in [3.05, 3.63) is 97.8 Å². The highest BCUT2D eigenvalue weighted by molar-refractivity contribution is 7.20. The molecule has 2 aromatic heterocycles. The van der Waals surface area contributed by atoms with E-state index in [9.17, 15) is 24.4 Å². The number of ketones is 1. The Kier molecular flexibility index (Phi) is 28.8. The number of nitrogens with zero attached hydrogens (tertiary/aromatic N) is 10. The topological polar surface area (TPSA) is 218 Å². The second kappa shape index (κ2) is 34.3. The fourth-order valence-corrected chi connectivity index (χ4v) is 11.5. The number of thiophene rings is 2. The van der Waals surface area contributed by atoms with Crippen LogP contribution < -0.4 is 9.80 Å². The molecule has 2 aliphatic carbocycles. The summed E-state index contributed by atoms with van der Waals surface area (Å²) in [4.78, 5) is 61.7. The average molecular weight is 1160 g/mol. The number of hydrogen-bond donors (Lipinski definition) is 1. The van der Waals surface area contributed by atoms with Gasteiger partial charge in [0.25, 0.3) is 0 Å². The lowest BCUT2D eigenvalue weighted by atomic mass is 9.77. The number of aliphatic hydroxyl groups is 1. The highest BCUT2D eigenvalue weighted by Gasteiger charge is 2.45. The minimum Gasteiger partial charge on any atom is -0.463 e. The molecule has 4 aromatic rings. The zero-order chi connectivity index (χ0) is 58.5. The van der Waals surface area contributed by atoms with Gasteiger partial charge in [-0.2, -0.15) is 25.7 Å². The maximum absolute atomic E-state index is 12.5. The van der Waals surface area contributed by atoms with E-state index in [1.807, 2.05) is 44.2 Å². The molecule has 3 fully saturated rings. The number of aliphatic hydroxyl groups excluding tert-OH is 1. The Bertz CT molecular complexity index is 3030. The number of azo groups is 2. The van der Waals surface area contributed by atoms with Crippen LogP contribution in [0.15, 0.2) is 56.9 Å². The number of benzene rings is 2. The Morgan fingerprint density at radius 3 is 1.62 bits per heavy atom. The van der Waals surface area contributed by atoms with Crippen molar-refractivity contribution in [2.45, 2.75) is 141 Å². The summed E-state index contributed by atoms with van der Waals surface area (Å²) in [7, 11) is 0. The smallest absolute Gasteiger partial charge is 0.317 e. The highest BCUT2D eigenvalue weighted by Crippen LogP contribution is 2.48. The number of aryl methyl sites for hydroxylation is 2. The Morgan fingerprint density at radius 1 is 0.695 bits per heavy atom. The molecule has 3 aliphatic rings. The summed E-state index contributed by atoms with van der Waals surface area (Å²) < 4.78 is 21.1. The van der Waals surface area contributed by atoms with Crippen molar-refractivity contribution in [2.24, 2.45) is 44.1 Å². The van der Waals surface area contributed by atoms with Gasteiger partial charge in [-0.1, -0.05) is 47.5 Å². The molecule has 2 aromatic carbocycles. The lowest BCUT2D eigenvalue weighted by molar-refractivity contribution is -0.155. The summed E-state index contributed by atoms with van der Waals surface area (Å²) in [5, 5.41) is 36.7. The maximum Gasteiger partial charge on any atom is 0.317 e. The molecule has 1 aliphatic heterocycles. The summed E-state index contributed by atoms with van der Waals surface area (Å²) in [5.74, 6) is -1.55. The van der Waals surface area contributed by atoms with Gasteiger partial charge in [-0.15, -0.1) is 22.7 Å². The van der Waals surface area contributed by atoms with Crippen molar-refractivity contribution < 1.29 is 43.2 Å². The first-order valence-corrected chi connectivity index (χ1v) is 28.6. The largest absolute Gasteiger partial charge is 0.463 e. The molecule has 0 bridgehead atoms. The summed E-state index contributed by atoms with van der Waals surface area (Å²) in [6, 6.07) is 14.5. The molecule has 2 saturated carbocycles. The van der Waals surface area contributed by atoms with Crippen LogP contribution >= 0.6 is 22.7 Å². The summed E-state index contributed by atoms with van der Waals surface area (Å²) in [5.41, 5.74) is 7.47. The lowest BCUT2D eigenvalue weighted by Crippen LogP contribution is -2.34. The maximum atomic E-state index is 12.5. The van der Waals surface area contributed by atoms with E-state index >= 15 is 0 Å². The van der Waals surface area contributed by atoms with Crippen molar-refractivity contribution in [3.63, 3.8) is 0 Å². The van der Waals surface area contributed by atoms with Gasteiger partial charge in [-0.25, -0.2) is 14.5 Å². The average Bonchev–Trinajstić information content (AvgIpc) is 4.09. The summed E-state index contributed by atoms with van der Waals surface area (Å²) in [6.07, 6.45) is 7.22. The van der Waals surface area contributed by atoms with E-state index in [0.717, 1.165) is 79.7 Å². The van der Waals surface area contributed by atoms with E-state index in [1.54, 1.807) is 20.8 Å². The second-order valence-electron chi connectivity index (χ2n) is 20.2. The quantitative estimate of drug-likeness (QED) is 0.0271. The summed E-state index contributed by atoms with van der Waals surface area (Å²) in [6.45, 7) is 42.6. The van der Waals surface area contributed by atoms with Gasteiger partial charge in [-0.05, 0) is 140 Å². The lowest BCUT2D eigenvalue weighted by Gasteiger charge is -2.29. The van der Waals surface area contributed by atoms with Gasteiger partial charge in [0.05, 0.1) is 86.8 Å². The van der Waals surface area contributed by atoms with Crippen molar-refractivity contribution in [2.75, 3.05) is 62.5 Å². The number of cyclic esters (lactones) is 2. The van der Waals surface area contributed by atoms with E-state index in [2.05, 4.69) is 89.4 Å². The summed E-state index contributed by atoms with van der Waals surface area (Å²) >= 11 is 2.37. The minimum atomic E-state index is -0.326. The molecule has 21 heteroatoms. The van der Waals surface area contributed by atoms with Crippen LogP contribution in [0, 0.1) is 82.4 Å². The highest BCUT2D eigenvalue weighted by atomic mass is 32.1. The molecular formula is C61H80N10O9S2. The monoisotopic (exact) mass is 1160 g/mol. The van der Waals surface area contributed by atoms with Crippen LogP contribution in [0.2, 0.25) is 0 Å². The van der Waals surface area contributed by atoms with E-state index < -0.39 is 0 Å². The molecule has 4 atom stereocenters. The molecule has 82 heavy (non-hydrogen) atoms. The van der Waals surface area contributed by atoms with Crippen LogP contribution in [0.4, 0.5) is 49.1 Å². The number of carbonyl (C=O) groups is 4. The van der Waals surface area contributed by atoms with E-state index in [4.69, 9.17) is 39.0 Å². The van der Waals surface area contributed by atoms with E-state index in [0.29, 0.717) is 93.5 Å². The number of nitriles is 1. The third-order valence-electron chi connectivity index (χ3n) is 14.2. The molecule has 0 spiro atoms. The number of hydrogen-bond acceptors (Lipinski definition) is 18. The number of rotatable bonds is 21. The van der Waals surface area contributed by atoms with Gasteiger partial charge in [0.1, 0.15) is 28.5 Å². The number of anilines is 2. The second-order valence-corrected chi connectivity index (χ2v) is 22.2. The van der Waals surface area contributed by atoms with Gasteiger partial charge in [0.2, 0.25) is 16.4 Å². The van der Waals surface area contributed by atoms with Gasteiger partial charge in [0.15, 0.2) is 0 Å². The SMILES string of the molecule is C.C.O=C1OC(=O)C2CCCCC12.[C-]#[N+]c1c(N=Nc2ccc(N(CCOCCOC(=O)C3CCCCC3C(C)=O)C(C)C)cc2C)sc(C#N)c1C.[C-]#[N+]c1sc(N=Nc2ccc(N(CCOCCO)C(C)C)cc2C)c([N+]#[C-])c1C. The van der Waals surface area contributed by atoms with E-state index in [1.165, 1.54) is 22.7 Å². The number of carbonyl (C=O) groups excluding carboxylic acids is 4.